The predicted molar refractivity (Wildman–Crippen MR) is 98.5 cm³/mol. The normalized spacial score (nSPS) is 15.6. The highest BCUT2D eigenvalue weighted by Crippen LogP contribution is 2.07. The van der Waals surface area contributed by atoms with Crippen molar-refractivity contribution in [2.45, 2.75) is 65.3 Å². The van der Waals surface area contributed by atoms with Crippen LogP contribution in [0.5, 0.6) is 0 Å². The number of rotatable bonds is 11. The van der Waals surface area contributed by atoms with E-state index < -0.39 is 54.5 Å². The van der Waals surface area contributed by atoms with Crippen molar-refractivity contribution in [3.8, 4) is 0 Å². The summed E-state index contributed by atoms with van der Waals surface area (Å²) in [5, 5.41) is 25.6. The summed E-state index contributed by atoms with van der Waals surface area (Å²) in [4.78, 5) is 47.4. The van der Waals surface area contributed by atoms with Gasteiger partial charge in [-0.15, -0.1) is 0 Å². The summed E-state index contributed by atoms with van der Waals surface area (Å²) in [6.45, 7) is 7.90. The van der Waals surface area contributed by atoms with Crippen LogP contribution in [0.3, 0.4) is 0 Å². The number of aliphatic hydroxyl groups is 1. The number of carbonyl (C=O) groups is 4. The average molecular weight is 388 g/mol. The van der Waals surface area contributed by atoms with E-state index in [-0.39, 0.29) is 18.3 Å². The molecule has 0 saturated carbocycles. The highest BCUT2D eigenvalue weighted by atomic mass is 16.4. The molecule has 27 heavy (non-hydrogen) atoms. The summed E-state index contributed by atoms with van der Waals surface area (Å²) < 4.78 is 0. The molecule has 0 heterocycles. The first-order chi connectivity index (χ1) is 12.4. The Hall–Kier alpha value is -2.20. The second-order valence-electron chi connectivity index (χ2n) is 7.30. The van der Waals surface area contributed by atoms with Crippen LogP contribution in [-0.2, 0) is 19.2 Å². The molecule has 0 aromatic heterocycles. The standard InChI is InChI=1S/C17H32N4O6/c1-8(2)6-11(15(25)19-7-12(23)24)20-17(27)14(10(5)22)21-16(26)13(18)9(3)4/h8-11,13-14,22H,6-7,18H2,1-5H3,(H,19,25)(H,20,27)(H,21,26)(H,23,24). The third kappa shape index (κ3) is 9.34. The maximum Gasteiger partial charge on any atom is 0.322 e. The number of nitrogens with two attached hydrogens (primary N) is 1. The second-order valence-corrected chi connectivity index (χ2v) is 7.30. The third-order valence-corrected chi connectivity index (χ3v) is 3.84. The Kier molecular flexibility index (Phi) is 10.6. The lowest BCUT2D eigenvalue weighted by atomic mass is 10.0. The van der Waals surface area contributed by atoms with Crippen LogP contribution in [0.1, 0.15) is 41.0 Å². The number of nitrogens with one attached hydrogen (secondary N) is 3. The molecule has 0 rings (SSSR count). The Morgan fingerprint density at radius 2 is 1.48 bits per heavy atom. The van der Waals surface area contributed by atoms with Gasteiger partial charge in [0.1, 0.15) is 18.6 Å². The van der Waals surface area contributed by atoms with E-state index in [2.05, 4.69) is 16.0 Å². The number of hydrogen-bond donors (Lipinski definition) is 6. The van der Waals surface area contributed by atoms with Gasteiger partial charge in [0.15, 0.2) is 0 Å². The molecule has 0 aromatic rings. The minimum atomic E-state index is -1.30. The van der Waals surface area contributed by atoms with Gasteiger partial charge in [-0.1, -0.05) is 27.7 Å². The minimum absolute atomic E-state index is 0.0276. The zero-order valence-electron chi connectivity index (χ0n) is 16.5. The van der Waals surface area contributed by atoms with Gasteiger partial charge in [-0.2, -0.15) is 0 Å². The number of aliphatic hydroxyl groups excluding tert-OH is 1. The SMILES string of the molecule is CC(C)CC(NC(=O)C(NC(=O)C(N)C(C)C)C(C)O)C(=O)NCC(=O)O. The van der Waals surface area contributed by atoms with E-state index in [1.807, 2.05) is 13.8 Å². The van der Waals surface area contributed by atoms with E-state index in [0.717, 1.165) is 0 Å². The molecular formula is C17H32N4O6. The Balaban J connectivity index is 5.18. The fourth-order valence-corrected chi connectivity index (χ4v) is 2.21. The maximum absolute atomic E-state index is 12.5. The van der Waals surface area contributed by atoms with Crippen molar-refractivity contribution >= 4 is 23.7 Å². The van der Waals surface area contributed by atoms with Gasteiger partial charge in [0.2, 0.25) is 17.7 Å². The van der Waals surface area contributed by atoms with Crippen LogP contribution in [0.25, 0.3) is 0 Å². The molecule has 10 heteroatoms. The van der Waals surface area contributed by atoms with Crippen molar-refractivity contribution in [3.63, 3.8) is 0 Å². The minimum Gasteiger partial charge on any atom is -0.480 e. The summed E-state index contributed by atoms with van der Waals surface area (Å²) >= 11 is 0. The fraction of sp³-hybridized carbons (Fsp3) is 0.765. The summed E-state index contributed by atoms with van der Waals surface area (Å²) in [7, 11) is 0. The molecule has 7 N–H and O–H groups in total. The molecule has 0 aromatic carbocycles. The zero-order valence-corrected chi connectivity index (χ0v) is 16.5. The molecule has 10 nitrogen and oxygen atoms in total. The number of aliphatic carboxylic acids is 1. The topological polar surface area (TPSA) is 171 Å². The third-order valence-electron chi connectivity index (χ3n) is 3.84. The number of carboxylic acid groups (broad SMARTS) is 1. The van der Waals surface area contributed by atoms with Gasteiger partial charge in [-0.05, 0) is 25.2 Å². The van der Waals surface area contributed by atoms with Crippen LogP contribution in [0.2, 0.25) is 0 Å². The molecule has 0 saturated heterocycles. The van der Waals surface area contributed by atoms with Crippen LogP contribution < -0.4 is 21.7 Å². The van der Waals surface area contributed by atoms with E-state index in [1.165, 1.54) is 6.92 Å². The first kappa shape index (κ1) is 24.8. The van der Waals surface area contributed by atoms with Gasteiger partial charge in [-0.3, -0.25) is 19.2 Å². The average Bonchev–Trinajstić information content (AvgIpc) is 2.54. The quantitative estimate of drug-likeness (QED) is 0.252. The summed E-state index contributed by atoms with van der Waals surface area (Å²) in [5.74, 6) is -3.37. The summed E-state index contributed by atoms with van der Waals surface area (Å²) in [6, 6.07) is -3.16. The van der Waals surface area contributed by atoms with E-state index >= 15 is 0 Å². The molecule has 0 spiro atoms. The lowest BCUT2D eigenvalue weighted by Crippen LogP contribution is -2.59. The van der Waals surface area contributed by atoms with Gasteiger partial charge < -0.3 is 31.9 Å². The van der Waals surface area contributed by atoms with Crippen LogP contribution in [-0.4, -0.2) is 64.7 Å². The first-order valence-electron chi connectivity index (χ1n) is 8.90. The van der Waals surface area contributed by atoms with Crippen molar-refractivity contribution in [1.82, 2.24) is 16.0 Å². The summed E-state index contributed by atoms with van der Waals surface area (Å²) in [6.07, 6.45) is -0.974. The van der Waals surface area contributed by atoms with Crippen LogP contribution >= 0.6 is 0 Å². The van der Waals surface area contributed by atoms with Crippen molar-refractivity contribution in [1.29, 1.82) is 0 Å². The van der Waals surface area contributed by atoms with Gasteiger partial charge in [0.05, 0.1) is 12.1 Å². The molecule has 0 fully saturated rings. The van der Waals surface area contributed by atoms with Gasteiger partial charge in [0.25, 0.3) is 0 Å². The molecule has 4 atom stereocenters. The highest BCUT2D eigenvalue weighted by Gasteiger charge is 2.31. The van der Waals surface area contributed by atoms with Gasteiger partial charge in [0, 0.05) is 0 Å². The Morgan fingerprint density at radius 3 is 1.89 bits per heavy atom. The number of amides is 3. The molecule has 156 valence electrons. The smallest absolute Gasteiger partial charge is 0.322 e. The number of carbonyl (C=O) groups excluding carboxylic acids is 3. The molecule has 0 radical (unpaired) electrons. The van der Waals surface area contributed by atoms with Crippen molar-refractivity contribution in [3.05, 3.63) is 0 Å². The lowest BCUT2D eigenvalue weighted by Gasteiger charge is -2.26. The van der Waals surface area contributed by atoms with Crippen molar-refractivity contribution < 1.29 is 29.4 Å². The molecule has 0 bridgehead atoms. The highest BCUT2D eigenvalue weighted by molar-refractivity contribution is 5.94. The molecule has 4 unspecified atom stereocenters. The zero-order chi connectivity index (χ0) is 21.3. The van der Waals surface area contributed by atoms with E-state index in [4.69, 9.17) is 10.8 Å². The predicted octanol–water partition coefficient (Wildman–Crippen LogP) is -1.43. The second kappa shape index (κ2) is 11.5. The largest absolute Gasteiger partial charge is 0.480 e. The van der Waals surface area contributed by atoms with Crippen LogP contribution in [0.4, 0.5) is 0 Å². The van der Waals surface area contributed by atoms with Crippen molar-refractivity contribution in [2.75, 3.05) is 6.54 Å². The number of carboxylic acids is 1. The molecular weight excluding hydrogens is 356 g/mol. The molecule has 0 aliphatic carbocycles. The molecule has 0 aliphatic rings. The van der Waals surface area contributed by atoms with Crippen molar-refractivity contribution in [2.24, 2.45) is 17.6 Å². The van der Waals surface area contributed by atoms with E-state index in [1.54, 1.807) is 13.8 Å². The van der Waals surface area contributed by atoms with Crippen LogP contribution in [0, 0.1) is 11.8 Å². The molecule has 0 aliphatic heterocycles. The first-order valence-corrected chi connectivity index (χ1v) is 8.90. The Bertz CT molecular complexity index is 536. The summed E-state index contributed by atoms with van der Waals surface area (Å²) in [5.41, 5.74) is 5.75. The lowest BCUT2D eigenvalue weighted by molar-refractivity contribution is -0.139. The van der Waals surface area contributed by atoms with E-state index in [0.29, 0.717) is 0 Å². The number of hydrogen-bond acceptors (Lipinski definition) is 6. The monoisotopic (exact) mass is 388 g/mol. The fourth-order valence-electron chi connectivity index (χ4n) is 2.21. The van der Waals surface area contributed by atoms with Gasteiger partial charge in [-0.25, -0.2) is 0 Å². The Labute approximate surface area is 159 Å². The maximum atomic E-state index is 12.5. The van der Waals surface area contributed by atoms with E-state index in [9.17, 15) is 24.3 Å². The van der Waals surface area contributed by atoms with Crippen LogP contribution in [0.15, 0.2) is 0 Å². The molecule has 3 amide bonds. The van der Waals surface area contributed by atoms with Gasteiger partial charge >= 0.3 is 5.97 Å². The Morgan fingerprint density at radius 1 is 0.926 bits per heavy atom.